The number of para-hydroxylation sites is 2. The molecule has 3 amide bonds. The van der Waals surface area contributed by atoms with Crippen molar-refractivity contribution in [3.05, 3.63) is 24.3 Å². The van der Waals surface area contributed by atoms with Gasteiger partial charge in [-0.1, -0.05) is 12.1 Å². The van der Waals surface area contributed by atoms with E-state index in [-0.39, 0.29) is 17.9 Å². The number of primary amides is 1. The van der Waals surface area contributed by atoms with Crippen LogP contribution in [0.4, 0.5) is 4.79 Å². The molecule has 2 N–H and O–H groups in total. The van der Waals surface area contributed by atoms with Crippen molar-refractivity contribution in [3.63, 3.8) is 0 Å². The standard InChI is InChI=1S/C17H23N3O4/c1-19(16(21)12-6-8-20(9-7-12)17(18)22)10-13-11-23-14-4-2-3-5-15(14)24-13/h2-5,12-13H,6-11H2,1H3,(H2,18,22)/t13-/m0/s1. The van der Waals surface area contributed by atoms with E-state index in [0.29, 0.717) is 44.8 Å². The monoisotopic (exact) mass is 333 g/mol. The summed E-state index contributed by atoms with van der Waals surface area (Å²) >= 11 is 0. The number of likely N-dealkylation sites (tertiary alicyclic amines) is 1. The highest BCUT2D eigenvalue weighted by Gasteiger charge is 2.30. The second-order valence-corrected chi connectivity index (χ2v) is 6.32. The number of carbonyl (C=O) groups is 2. The van der Waals surface area contributed by atoms with E-state index in [4.69, 9.17) is 15.2 Å². The Hall–Kier alpha value is -2.44. The second-order valence-electron chi connectivity index (χ2n) is 6.32. The Morgan fingerprint density at radius 2 is 1.92 bits per heavy atom. The van der Waals surface area contributed by atoms with Gasteiger partial charge < -0.3 is 25.0 Å². The maximum absolute atomic E-state index is 12.6. The number of amides is 3. The maximum atomic E-state index is 12.6. The molecule has 2 heterocycles. The van der Waals surface area contributed by atoms with Crippen molar-refractivity contribution >= 4 is 11.9 Å². The van der Waals surface area contributed by atoms with E-state index in [1.807, 2.05) is 24.3 Å². The number of nitrogens with two attached hydrogens (primary N) is 1. The molecule has 7 nitrogen and oxygen atoms in total. The minimum atomic E-state index is -0.416. The average Bonchev–Trinajstić information content (AvgIpc) is 2.61. The Morgan fingerprint density at radius 1 is 1.25 bits per heavy atom. The van der Waals surface area contributed by atoms with Crippen molar-refractivity contribution < 1.29 is 19.1 Å². The Labute approximate surface area is 141 Å². The molecule has 130 valence electrons. The Balaban J connectivity index is 1.51. The molecule has 0 spiro atoms. The molecule has 0 aromatic heterocycles. The lowest BCUT2D eigenvalue weighted by Crippen LogP contribution is -2.47. The highest BCUT2D eigenvalue weighted by Crippen LogP contribution is 2.31. The first-order valence-electron chi connectivity index (χ1n) is 8.22. The summed E-state index contributed by atoms with van der Waals surface area (Å²) < 4.78 is 11.6. The molecule has 7 heteroatoms. The van der Waals surface area contributed by atoms with Gasteiger partial charge in [0.2, 0.25) is 5.91 Å². The van der Waals surface area contributed by atoms with Crippen LogP contribution < -0.4 is 15.2 Å². The zero-order chi connectivity index (χ0) is 17.1. The topological polar surface area (TPSA) is 85.1 Å². The van der Waals surface area contributed by atoms with E-state index in [1.54, 1.807) is 16.8 Å². The molecule has 0 aliphatic carbocycles. The summed E-state index contributed by atoms with van der Waals surface area (Å²) in [6.07, 6.45) is 1.12. The molecule has 0 radical (unpaired) electrons. The van der Waals surface area contributed by atoms with Crippen LogP contribution >= 0.6 is 0 Å². The number of hydrogen-bond acceptors (Lipinski definition) is 4. The van der Waals surface area contributed by atoms with Crippen LogP contribution in [0.1, 0.15) is 12.8 Å². The van der Waals surface area contributed by atoms with Crippen LogP contribution in [0.3, 0.4) is 0 Å². The number of rotatable bonds is 3. The highest BCUT2D eigenvalue weighted by molar-refractivity contribution is 5.79. The van der Waals surface area contributed by atoms with Crippen molar-refractivity contribution in [2.75, 3.05) is 33.3 Å². The summed E-state index contributed by atoms with van der Waals surface area (Å²) in [4.78, 5) is 27.0. The third kappa shape index (κ3) is 3.55. The number of hydrogen-bond donors (Lipinski definition) is 1. The fourth-order valence-corrected chi connectivity index (χ4v) is 3.21. The van der Waals surface area contributed by atoms with Crippen LogP contribution in [0.2, 0.25) is 0 Å². The lowest BCUT2D eigenvalue weighted by atomic mass is 9.95. The summed E-state index contributed by atoms with van der Waals surface area (Å²) in [5, 5.41) is 0. The van der Waals surface area contributed by atoms with Crippen LogP contribution in [0, 0.1) is 5.92 Å². The van der Waals surface area contributed by atoms with E-state index in [9.17, 15) is 9.59 Å². The van der Waals surface area contributed by atoms with E-state index < -0.39 is 6.03 Å². The lowest BCUT2D eigenvalue weighted by Gasteiger charge is -2.34. The first-order valence-corrected chi connectivity index (χ1v) is 8.22. The minimum absolute atomic E-state index is 0.0672. The lowest BCUT2D eigenvalue weighted by molar-refractivity contribution is -0.136. The van der Waals surface area contributed by atoms with Gasteiger partial charge in [-0.3, -0.25) is 4.79 Å². The Bertz CT molecular complexity index is 614. The summed E-state index contributed by atoms with van der Waals surface area (Å²) in [5.74, 6) is 1.47. The van der Waals surface area contributed by atoms with Gasteiger partial charge in [0.15, 0.2) is 17.6 Å². The number of likely N-dealkylation sites (N-methyl/N-ethyl adjacent to an activating group) is 1. The molecule has 1 atom stereocenters. The third-order valence-corrected chi connectivity index (χ3v) is 4.58. The molecule has 2 aliphatic rings. The van der Waals surface area contributed by atoms with Gasteiger partial charge in [-0.05, 0) is 25.0 Å². The normalized spacial score (nSPS) is 20.5. The van der Waals surface area contributed by atoms with Crippen LogP contribution in [-0.2, 0) is 4.79 Å². The van der Waals surface area contributed by atoms with Crippen molar-refractivity contribution in [1.29, 1.82) is 0 Å². The summed E-state index contributed by atoms with van der Waals surface area (Å²) in [6, 6.07) is 7.11. The zero-order valence-corrected chi connectivity index (χ0v) is 13.8. The molecule has 1 aromatic rings. The molecule has 1 fully saturated rings. The summed E-state index contributed by atoms with van der Waals surface area (Å²) in [5.41, 5.74) is 5.27. The number of nitrogens with zero attached hydrogens (tertiary/aromatic N) is 2. The molecule has 1 aromatic carbocycles. The molecule has 0 saturated carbocycles. The van der Waals surface area contributed by atoms with Crippen LogP contribution in [0.15, 0.2) is 24.3 Å². The predicted octanol–water partition coefficient (Wildman–Crippen LogP) is 1.08. The van der Waals surface area contributed by atoms with Crippen molar-refractivity contribution in [3.8, 4) is 11.5 Å². The van der Waals surface area contributed by atoms with E-state index in [2.05, 4.69) is 0 Å². The van der Waals surface area contributed by atoms with Gasteiger partial charge in [0.25, 0.3) is 0 Å². The summed E-state index contributed by atoms with van der Waals surface area (Å²) in [7, 11) is 1.78. The smallest absolute Gasteiger partial charge is 0.314 e. The van der Waals surface area contributed by atoms with Gasteiger partial charge in [0, 0.05) is 26.1 Å². The van der Waals surface area contributed by atoms with Crippen LogP contribution in [0.5, 0.6) is 11.5 Å². The second kappa shape index (κ2) is 6.98. The summed E-state index contributed by atoms with van der Waals surface area (Å²) in [6.45, 7) is 1.98. The fraction of sp³-hybridized carbons (Fsp3) is 0.529. The Kier molecular flexibility index (Phi) is 4.78. The van der Waals surface area contributed by atoms with Crippen LogP contribution in [-0.4, -0.2) is 61.1 Å². The zero-order valence-electron chi connectivity index (χ0n) is 13.8. The molecule has 0 unspecified atom stereocenters. The molecule has 0 bridgehead atoms. The third-order valence-electron chi connectivity index (χ3n) is 4.58. The average molecular weight is 333 g/mol. The van der Waals surface area contributed by atoms with Gasteiger partial charge in [0.05, 0.1) is 6.54 Å². The van der Waals surface area contributed by atoms with Crippen molar-refractivity contribution in [1.82, 2.24) is 9.80 Å². The quantitative estimate of drug-likeness (QED) is 0.897. The van der Waals surface area contributed by atoms with Gasteiger partial charge in [0.1, 0.15) is 6.61 Å². The first kappa shape index (κ1) is 16.4. The van der Waals surface area contributed by atoms with Gasteiger partial charge in [-0.2, -0.15) is 0 Å². The number of benzene rings is 1. The van der Waals surface area contributed by atoms with E-state index in [1.165, 1.54) is 0 Å². The SMILES string of the molecule is CN(C[C@H]1COc2ccccc2O1)C(=O)C1CCN(C(N)=O)CC1. The van der Waals surface area contributed by atoms with Crippen molar-refractivity contribution in [2.45, 2.75) is 18.9 Å². The van der Waals surface area contributed by atoms with E-state index >= 15 is 0 Å². The Morgan fingerprint density at radius 3 is 2.58 bits per heavy atom. The maximum Gasteiger partial charge on any atom is 0.314 e. The largest absolute Gasteiger partial charge is 0.486 e. The molecular formula is C17H23N3O4. The molecule has 3 rings (SSSR count). The van der Waals surface area contributed by atoms with Gasteiger partial charge in [-0.15, -0.1) is 0 Å². The molecule has 24 heavy (non-hydrogen) atoms. The number of fused-ring (bicyclic) bond motifs is 1. The number of ether oxygens (including phenoxy) is 2. The van der Waals surface area contributed by atoms with Crippen LogP contribution in [0.25, 0.3) is 0 Å². The fourth-order valence-electron chi connectivity index (χ4n) is 3.21. The molecular weight excluding hydrogens is 310 g/mol. The minimum Gasteiger partial charge on any atom is -0.486 e. The predicted molar refractivity (Wildman–Crippen MR) is 87.9 cm³/mol. The number of piperidine rings is 1. The van der Waals surface area contributed by atoms with Crippen molar-refractivity contribution in [2.24, 2.45) is 11.7 Å². The highest BCUT2D eigenvalue weighted by atomic mass is 16.6. The van der Waals surface area contributed by atoms with Gasteiger partial charge >= 0.3 is 6.03 Å². The molecule has 2 aliphatic heterocycles. The number of urea groups is 1. The molecule has 1 saturated heterocycles. The van der Waals surface area contributed by atoms with Gasteiger partial charge in [-0.25, -0.2) is 4.79 Å². The first-order chi connectivity index (χ1) is 11.5. The van der Waals surface area contributed by atoms with E-state index in [0.717, 1.165) is 5.75 Å². The number of carbonyl (C=O) groups excluding carboxylic acids is 2.